The lowest BCUT2D eigenvalue weighted by atomic mass is 10.1. The molecule has 14 heavy (non-hydrogen) atoms. The zero-order valence-electron chi connectivity index (χ0n) is 7.59. The van der Waals surface area contributed by atoms with Crippen LogP contribution in [0.4, 0.5) is 0 Å². The van der Waals surface area contributed by atoms with Gasteiger partial charge in [0, 0.05) is 0 Å². The van der Waals surface area contributed by atoms with Gasteiger partial charge in [-0.25, -0.2) is 4.79 Å². The molecule has 0 bridgehead atoms. The number of carboxylic acid groups (broad SMARTS) is 1. The Kier molecular flexibility index (Phi) is 5.92. The highest BCUT2D eigenvalue weighted by Crippen LogP contribution is 2.04. The molecule has 0 amide bonds. The lowest BCUT2D eigenvalue weighted by molar-refractivity contribution is -0.146. The second kappa shape index (κ2) is 6.40. The van der Waals surface area contributed by atoms with Gasteiger partial charge in [-0.3, -0.25) is 0 Å². The summed E-state index contributed by atoms with van der Waals surface area (Å²) in [6.45, 7) is 0. The molecule has 0 heterocycles. The minimum atomic E-state index is -1.25. The minimum absolute atomic E-state index is 0. The lowest BCUT2D eigenvalue weighted by Crippen LogP contribution is -2.19. The highest BCUT2D eigenvalue weighted by molar-refractivity contribution is 5.85. The Hall–Kier alpha value is -1.06. The van der Waals surface area contributed by atoms with Crippen LogP contribution in [0.1, 0.15) is 12.0 Å². The fraction of sp³-hybridized carbons (Fsp3) is 0.300. The van der Waals surface area contributed by atoms with Gasteiger partial charge in [-0.05, 0) is 18.4 Å². The van der Waals surface area contributed by atoms with Crippen molar-refractivity contribution in [2.24, 2.45) is 0 Å². The van der Waals surface area contributed by atoms with Crippen LogP contribution in [0.3, 0.4) is 0 Å². The number of hydrogen-bond acceptors (Lipinski definition) is 2. The van der Waals surface area contributed by atoms with Gasteiger partial charge < -0.3 is 10.2 Å². The maximum Gasteiger partial charge on any atom is 0.332 e. The number of aliphatic carboxylic acids is 1. The number of aryl methyl sites for hydroxylation is 1. The molecule has 1 aromatic rings. The predicted octanol–water partition coefficient (Wildman–Crippen LogP) is 1.49. The quantitative estimate of drug-likeness (QED) is 0.802. The largest absolute Gasteiger partial charge is 0.479 e. The van der Waals surface area contributed by atoms with E-state index in [0.29, 0.717) is 6.42 Å². The lowest BCUT2D eigenvalue weighted by Gasteiger charge is -2.04. The molecule has 0 radical (unpaired) electrons. The predicted molar refractivity (Wildman–Crippen MR) is 55.7 cm³/mol. The molecule has 1 aromatic carbocycles. The number of aliphatic hydroxyl groups excluding tert-OH is 1. The maximum absolute atomic E-state index is 10.3. The van der Waals surface area contributed by atoms with Gasteiger partial charge in [-0.1, -0.05) is 30.3 Å². The standard InChI is InChI=1S/C10H12O3.ClH/c11-9(10(12)13)7-6-8-4-2-1-3-5-8;/h1-5,9,11H,6-7H2,(H,12,13);1H. The first-order valence-electron chi connectivity index (χ1n) is 4.15. The molecule has 78 valence electrons. The average molecular weight is 217 g/mol. The Labute approximate surface area is 88.8 Å². The molecule has 0 fully saturated rings. The molecule has 3 nitrogen and oxygen atoms in total. The van der Waals surface area contributed by atoms with E-state index >= 15 is 0 Å². The summed E-state index contributed by atoms with van der Waals surface area (Å²) in [5.41, 5.74) is 1.04. The van der Waals surface area contributed by atoms with Crippen molar-refractivity contribution in [1.82, 2.24) is 0 Å². The Morgan fingerprint density at radius 2 is 1.86 bits per heavy atom. The summed E-state index contributed by atoms with van der Waals surface area (Å²) in [6, 6.07) is 9.51. The molecule has 1 unspecified atom stereocenters. The molecule has 4 heteroatoms. The Bertz CT molecular complexity index is 274. The molecule has 0 saturated carbocycles. The van der Waals surface area contributed by atoms with Gasteiger partial charge in [0.25, 0.3) is 0 Å². The van der Waals surface area contributed by atoms with E-state index in [0.717, 1.165) is 5.56 Å². The Morgan fingerprint density at radius 1 is 1.29 bits per heavy atom. The average Bonchev–Trinajstić information content (AvgIpc) is 2.15. The van der Waals surface area contributed by atoms with Crippen LogP contribution in [0.2, 0.25) is 0 Å². The number of hydrogen-bond donors (Lipinski definition) is 2. The van der Waals surface area contributed by atoms with E-state index in [1.54, 1.807) is 0 Å². The van der Waals surface area contributed by atoms with Crippen molar-refractivity contribution < 1.29 is 15.0 Å². The van der Waals surface area contributed by atoms with Gasteiger partial charge in [-0.15, -0.1) is 12.4 Å². The van der Waals surface area contributed by atoms with Crippen LogP contribution in [0.5, 0.6) is 0 Å². The van der Waals surface area contributed by atoms with Crippen molar-refractivity contribution in [3.63, 3.8) is 0 Å². The minimum Gasteiger partial charge on any atom is -0.479 e. The SMILES string of the molecule is Cl.O=C(O)C(O)CCc1ccccc1. The van der Waals surface area contributed by atoms with E-state index in [9.17, 15) is 4.79 Å². The van der Waals surface area contributed by atoms with E-state index in [4.69, 9.17) is 10.2 Å². The molecule has 0 aliphatic carbocycles. The van der Waals surface area contributed by atoms with E-state index in [2.05, 4.69) is 0 Å². The molecule has 0 spiro atoms. The van der Waals surface area contributed by atoms with Gasteiger partial charge in [0.05, 0.1) is 0 Å². The number of carbonyl (C=O) groups is 1. The summed E-state index contributed by atoms with van der Waals surface area (Å²) in [4.78, 5) is 10.3. The molecule has 0 aromatic heterocycles. The van der Waals surface area contributed by atoms with E-state index < -0.39 is 12.1 Å². The summed E-state index contributed by atoms with van der Waals surface area (Å²) < 4.78 is 0. The number of carboxylic acids is 1. The smallest absolute Gasteiger partial charge is 0.332 e. The second-order valence-corrected chi connectivity index (χ2v) is 2.88. The van der Waals surface area contributed by atoms with Crippen LogP contribution in [-0.2, 0) is 11.2 Å². The highest BCUT2D eigenvalue weighted by Gasteiger charge is 2.11. The maximum atomic E-state index is 10.3. The number of halogens is 1. The van der Waals surface area contributed by atoms with Gasteiger partial charge in [0.15, 0.2) is 6.10 Å². The molecule has 1 atom stereocenters. The van der Waals surface area contributed by atoms with Crippen LogP contribution in [0, 0.1) is 0 Å². The van der Waals surface area contributed by atoms with Gasteiger partial charge >= 0.3 is 5.97 Å². The van der Waals surface area contributed by atoms with Crippen LogP contribution in [0.25, 0.3) is 0 Å². The third-order valence-corrected chi connectivity index (χ3v) is 1.83. The zero-order chi connectivity index (χ0) is 9.68. The van der Waals surface area contributed by atoms with E-state index in [-0.39, 0.29) is 18.8 Å². The highest BCUT2D eigenvalue weighted by atomic mass is 35.5. The van der Waals surface area contributed by atoms with Crippen molar-refractivity contribution in [2.45, 2.75) is 18.9 Å². The number of benzene rings is 1. The van der Waals surface area contributed by atoms with Crippen LogP contribution in [-0.4, -0.2) is 22.3 Å². The normalized spacial score (nSPS) is 11.5. The van der Waals surface area contributed by atoms with Crippen LogP contribution >= 0.6 is 12.4 Å². The fourth-order valence-corrected chi connectivity index (χ4v) is 1.07. The van der Waals surface area contributed by atoms with Crippen molar-refractivity contribution >= 4 is 18.4 Å². The van der Waals surface area contributed by atoms with Crippen molar-refractivity contribution in [2.75, 3.05) is 0 Å². The van der Waals surface area contributed by atoms with E-state index in [1.807, 2.05) is 30.3 Å². The van der Waals surface area contributed by atoms with E-state index in [1.165, 1.54) is 0 Å². The second-order valence-electron chi connectivity index (χ2n) is 2.88. The molecule has 1 rings (SSSR count). The first-order valence-corrected chi connectivity index (χ1v) is 4.15. The van der Waals surface area contributed by atoms with Crippen molar-refractivity contribution in [1.29, 1.82) is 0 Å². The Morgan fingerprint density at radius 3 is 2.36 bits per heavy atom. The summed E-state index contributed by atoms with van der Waals surface area (Å²) in [5, 5.41) is 17.4. The third kappa shape index (κ3) is 4.25. The molecular weight excluding hydrogens is 204 g/mol. The number of rotatable bonds is 4. The van der Waals surface area contributed by atoms with Crippen molar-refractivity contribution in [3.05, 3.63) is 35.9 Å². The fourth-order valence-electron chi connectivity index (χ4n) is 1.07. The number of aliphatic hydroxyl groups is 1. The zero-order valence-corrected chi connectivity index (χ0v) is 8.41. The summed E-state index contributed by atoms with van der Waals surface area (Å²) in [7, 11) is 0. The van der Waals surface area contributed by atoms with Crippen LogP contribution in [0.15, 0.2) is 30.3 Å². The summed E-state index contributed by atoms with van der Waals surface area (Å²) >= 11 is 0. The molecule has 0 aliphatic rings. The Balaban J connectivity index is 0.00000169. The molecule has 0 saturated heterocycles. The van der Waals surface area contributed by atoms with Crippen molar-refractivity contribution in [3.8, 4) is 0 Å². The first-order chi connectivity index (χ1) is 6.20. The molecule has 0 aliphatic heterocycles. The summed E-state index contributed by atoms with van der Waals surface area (Å²) in [6.07, 6.45) is -0.395. The summed E-state index contributed by atoms with van der Waals surface area (Å²) in [5.74, 6) is -1.16. The topological polar surface area (TPSA) is 57.5 Å². The monoisotopic (exact) mass is 216 g/mol. The third-order valence-electron chi connectivity index (χ3n) is 1.83. The van der Waals surface area contributed by atoms with Gasteiger partial charge in [0.2, 0.25) is 0 Å². The first kappa shape index (κ1) is 12.9. The van der Waals surface area contributed by atoms with Gasteiger partial charge in [0.1, 0.15) is 0 Å². The van der Waals surface area contributed by atoms with Gasteiger partial charge in [-0.2, -0.15) is 0 Å². The van der Waals surface area contributed by atoms with Crippen LogP contribution < -0.4 is 0 Å². The molecule has 2 N–H and O–H groups in total. The molecular formula is C10H13ClO3.